The van der Waals surface area contributed by atoms with Crippen molar-refractivity contribution in [2.75, 3.05) is 52.9 Å². The summed E-state index contributed by atoms with van der Waals surface area (Å²) in [7, 11) is 6.76. The van der Waals surface area contributed by atoms with E-state index in [2.05, 4.69) is 5.32 Å². The summed E-state index contributed by atoms with van der Waals surface area (Å²) in [6.45, 7) is 9.87. The molecule has 1 unspecified atom stereocenters. The molecule has 0 radical (unpaired) electrons. The van der Waals surface area contributed by atoms with Crippen molar-refractivity contribution in [3.05, 3.63) is 117 Å². The van der Waals surface area contributed by atoms with Crippen LogP contribution in [0.25, 0.3) is 0 Å². The molecule has 5 rings (SSSR count). The summed E-state index contributed by atoms with van der Waals surface area (Å²) in [6, 6.07) is 21.4. The first-order chi connectivity index (χ1) is 27.1. The lowest BCUT2D eigenvalue weighted by atomic mass is 9.79. The summed E-state index contributed by atoms with van der Waals surface area (Å²) in [5.41, 5.74) is 3.02. The molecule has 14 nitrogen and oxygen atoms in total. The topological polar surface area (TPSA) is 167 Å². The monoisotopic (exact) mass is 802 g/mol. The number of ether oxygens (including phenoxy) is 4. The highest BCUT2D eigenvalue weighted by Gasteiger charge is 2.42. The molecule has 304 valence electrons. The number of rotatable bonds is 12. The summed E-state index contributed by atoms with van der Waals surface area (Å²) in [6.07, 6.45) is -0.916. The van der Waals surface area contributed by atoms with Gasteiger partial charge >= 0.3 is 17.9 Å². The van der Waals surface area contributed by atoms with Crippen LogP contribution in [-0.4, -0.2) is 87.8 Å². The van der Waals surface area contributed by atoms with Gasteiger partial charge < -0.3 is 34.1 Å². The average molecular weight is 803 g/mol. The Hall–Kier alpha value is -5.67. The predicted molar refractivity (Wildman–Crippen MR) is 217 cm³/mol. The lowest BCUT2D eigenvalue weighted by Crippen LogP contribution is -2.45. The number of nitrogens with one attached hydrogen (secondary N) is 1. The van der Waals surface area contributed by atoms with Crippen LogP contribution in [0.1, 0.15) is 56.9 Å². The van der Waals surface area contributed by atoms with Crippen LogP contribution < -0.4 is 15.0 Å². The third kappa shape index (κ3) is 10.8. The zero-order valence-corrected chi connectivity index (χ0v) is 34.5. The van der Waals surface area contributed by atoms with Gasteiger partial charge in [0.1, 0.15) is 5.75 Å². The number of methoxy groups -OCH3 is 2. The van der Waals surface area contributed by atoms with Gasteiger partial charge in [-0.25, -0.2) is 9.59 Å². The van der Waals surface area contributed by atoms with Gasteiger partial charge in [0.15, 0.2) is 6.10 Å². The largest absolute Gasteiger partial charge is 0.497 e. The Labute approximate surface area is 337 Å². The average Bonchev–Trinajstić information content (AvgIpc) is 3.29. The van der Waals surface area contributed by atoms with Crippen molar-refractivity contribution in [2.45, 2.75) is 56.8 Å². The first kappa shape index (κ1) is 44.0. The highest BCUT2D eigenvalue weighted by atomic mass is 32.2. The van der Waals surface area contributed by atoms with Gasteiger partial charge in [-0.1, -0.05) is 56.3 Å². The van der Waals surface area contributed by atoms with E-state index in [4.69, 9.17) is 18.9 Å². The van der Waals surface area contributed by atoms with Crippen molar-refractivity contribution in [3.8, 4) is 5.75 Å². The third-order valence-electron chi connectivity index (χ3n) is 9.08. The molecule has 2 aliphatic rings. The normalized spacial score (nSPS) is 17.8. The van der Waals surface area contributed by atoms with Gasteiger partial charge in [0.05, 0.1) is 53.8 Å². The van der Waals surface area contributed by atoms with Crippen LogP contribution in [0.2, 0.25) is 0 Å². The standard InChI is InChI=1S/C22H26N2O4S.C20H24N2O6/c1-15(25)28-20-21(16-9-11-17(27-4)12-10-16)29-19-8-6-5-7-18(19)24(22(20)26)14-13-23(2)3;1-11(2)10-28-20(24)17-13(4)21-12(3)16(19(23)27-5)18(17)14-8-6-7-9-15(14)22(25)26/h5-12,20-21H,13-14H2,1-4H3;6-9,11,18,21H,10H2,1-5H3/t20-,21+;/m1./s1. The number of likely N-dealkylation sites (N-methyl/N-ethyl adjacent to an activating group) is 1. The number of hydrogen-bond acceptors (Lipinski definition) is 13. The summed E-state index contributed by atoms with van der Waals surface area (Å²) < 4.78 is 21.1. The minimum atomic E-state index is -0.977. The van der Waals surface area contributed by atoms with Gasteiger partial charge in [-0.15, -0.1) is 11.8 Å². The Bertz CT molecular complexity index is 2030. The van der Waals surface area contributed by atoms with E-state index >= 15 is 0 Å². The van der Waals surface area contributed by atoms with Crippen LogP contribution in [0.15, 0.2) is 100 Å². The summed E-state index contributed by atoms with van der Waals surface area (Å²) in [5.74, 6) is -2.11. The maximum absolute atomic E-state index is 13.6. The summed E-state index contributed by atoms with van der Waals surface area (Å²) in [5, 5.41) is 14.2. The molecule has 3 aromatic carbocycles. The lowest BCUT2D eigenvalue weighted by Gasteiger charge is -2.30. The Morgan fingerprint density at radius 1 is 0.930 bits per heavy atom. The molecule has 0 saturated heterocycles. The Kier molecular flexibility index (Phi) is 15.4. The first-order valence-electron chi connectivity index (χ1n) is 18.3. The fourth-order valence-electron chi connectivity index (χ4n) is 6.41. The molecule has 0 bridgehead atoms. The SMILES string of the molecule is COC(=O)C1=C(C)NC(C)=C(C(=O)OCC(C)C)C1c1ccccc1[N+](=O)[O-].COc1ccc([C@@H]2Sc3ccccc3N(CCN(C)C)C(=O)[C@@H]2OC(C)=O)cc1. The predicted octanol–water partition coefficient (Wildman–Crippen LogP) is 6.57. The van der Waals surface area contributed by atoms with Gasteiger partial charge in [0, 0.05) is 47.9 Å². The molecule has 0 fully saturated rings. The van der Waals surface area contributed by atoms with Gasteiger partial charge in [-0.3, -0.25) is 19.7 Å². The van der Waals surface area contributed by atoms with Crippen molar-refractivity contribution in [2.24, 2.45) is 5.92 Å². The Morgan fingerprint density at radius 3 is 2.12 bits per heavy atom. The smallest absolute Gasteiger partial charge is 0.336 e. The molecule has 0 aromatic heterocycles. The molecule has 15 heteroatoms. The van der Waals surface area contributed by atoms with Crippen molar-refractivity contribution < 1.29 is 43.0 Å². The van der Waals surface area contributed by atoms with E-state index in [1.807, 2.05) is 81.4 Å². The second kappa shape index (κ2) is 20.0. The van der Waals surface area contributed by atoms with E-state index < -0.39 is 34.9 Å². The zero-order chi connectivity index (χ0) is 42.0. The van der Waals surface area contributed by atoms with E-state index in [-0.39, 0.29) is 46.1 Å². The number of anilines is 1. The molecular formula is C42H50N4O10S. The highest BCUT2D eigenvalue weighted by molar-refractivity contribution is 7.99. The molecule has 2 heterocycles. The van der Waals surface area contributed by atoms with E-state index in [0.29, 0.717) is 24.5 Å². The molecular weight excluding hydrogens is 753 g/mol. The maximum atomic E-state index is 13.6. The molecule has 3 aromatic rings. The summed E-state index contributed by atoms with van der Waals surface area (Å²) in [4.78, 5) is 66.6. The Morgan fingerprint density at radius 2 is 1.54 bits per heavy atom. The van der Waals surface area contributed by atoms with Crippen LogP contribution in [-0.2, 0) is 33.4 Å². The number of fused-ring (bicyclic) bond motifs is 1. The fraction of sp³-hybridized carbons (Fsp3) is 0.381. The number of nitrogens with zero attached hydrogens (tertiary/aromatic N) is 3. The van der Waals surface area contributed by atoms with Crippen LogP contribution in [0.3, 0.4) is 0 Å². The van der Waals surface area contributed by atoms with E-state index in [1.54, 1.807) is 43.7 Å². The number of carbonyl (C=O) groups is 4. The van der Waals surface area contributed by atoms with Gasteiger partial charge in [-0.2, -0.15) is 0 Å². The van der Waals surface area contributed by atoms with Crippen LogP contribution in [0.5, 0.6) is 5.75 Å². The third-order valence-corrected chi connectivity index (χ3v) is 10.5. The molecule has 0 spiro atoms. The number of benzene rings is 3. The van der Waals surface area contributed by atoms with Crippen molar-refractivity contribution in [1.29, 1.82) is 0 Å². The number of allylic oxidation sites excluding steroid dienone is 2. The number of para-hydroxylation sites is 2. The number of carbonyl (C=O) groups excluding carboxylic acids is 4. The number of thioether (sulfide) groups is 1. The Balaban J connectivity index is 0.000000253. The number of dihydropyridines is 1. The van der Waals surface area contributed by atoms with E-state index in [9.17, 15) is 29.3 Å². The summed E-state index contributed by atoms with van der Waals surface area (Å²) >= 11 is 1.54. The molecule has 0 aliphatic carbocycles. The van der Waals surface area contributed by atoms with Crippen LogP contribution in [0.4, 0.5) is 11.4 Å². The van der Waals surface area contributed by atoms with Crippen LogP contribution in [0, 0.1) is 16.0 Å². The zero-order valence-electron chi connectivity index (χ0n) is 33.7. The minimum Gasteiger partial charge on any atom is -0.497 e. The molecule has 1 amide bonds. The van der Waals surface area contributed by atoms with Crippen LogP contribution >= 0.6 is 11.8 Å². The second-order valence-electron chi connectivity index (χ2n) is 14.0. The minimum absolute atomic E-state index is 0.114. The number of nitro groups is 1. The van der Waals surface area contributed by atoms with Gasteiger partial charge in [-0.05, 0) is 63.7 Å². The maximum Gasteiger partial charge on any atom is 0.336 e. The number of nitro benzene ring substituents is 1. The highest BCUT2D eigenvalue weighted by Crippen LogP contribution is 2.47. The van der Waals surface area contributed by atoms with Crippen molar-refractivity contribution in [1.82, 2.24) is 10.2 Å². The fourth-order valence-corrected chi connectivity index (χ4v) is 7.73. The number of amides is 1. The molecule has 2 aliphatic heterocycles. The van der Waals surface area contributed by atoms with Gasteiger partial charge in [0.25, 0.3) is 11.6 Å². The lowest BCUT2D eigenvalue weighted by molar-refractivity contribution is -0.385. The number of esters is 3. The molecule has 57 heavy (non-hydrogen) atoms. The number of hydrogen-bond donors (Lipinski definition) is 1. The van der Waals surface area contributed by atoms with E-state index in [1.165, 1.54) is 32.2 Å². The molecule has 0 saturated carbocycles. The second-order valence-corrected chi connectivity index (χ2v) is 15.2. The molecule has 1 N–H and O–H groups in total. The van der Waals surface area contributed by atoms with Gasteiger partial charge in [0.2, 0.25) is 0 Å². The van der Waals surface area contributed by atoms with Crippen molar-refractivity contribution >= 4 is 47.0 Å². The molecule has 3 atom stereocenters. The quantitative estimate of drug-likeness (QED) is 0.0905. The first-order valence-corrected chi connectivity index (χ1v) is 19.2. The van der Waals surface area contributed by atoms with E-state index in [0.717, 1.165) is 21.9 Å². The van der Waals surface area contributed by atoms with Crippen molar-refractivity contribution in [3.63, 3.8) is 0 Å².